The van der Waals surface area contributed by atoms with E-state index in [1.54, 1.807) is 12.3 Å². The highest BCUT2D eigenvalue weighted by molar-refractivity contribution is 7.97. The predicted molar refractivity (Wildman–Crippen MR) is 53.0 cm³/mol. The average molecular weight is 219 g/mol. The molecule has 0 saturated carbocycles. The lowest BCUT2D eigenvalue weighted by Gasteiger charge is -2.11. The topological polar surface area (TPSA) is 24.4 Å². The lowest BCUT2D eigenvalue weighted by atomic mass is 10.2. The molecule has 0 bridgehead atoms. The fourth-order valence-corrected chi connectivity index (χ4v) is 2.06. The van der Waals surface area contributed by atoms with E-state index in [0.29, 0.717) is 10.0 Å². The van der Waals surface area contributed by atoms with Crippen molar-refractivity contribution in [3.63, 3.8) is 0 Å². The van der Waals surface area contributed by atoms with Crippen molar-refractivity contribution in [1.29, 1.82) is 0 Å². The minimum absolute atomic E-state index is 0.569. The summed E-state index contributed by atoms with van der Waals surface area (Å²) in [5.74, 6) is 0. The Labute approximate surface area is 84.1 Å². The first kappa shape index (κ1) is 8.23. The van der Waals surface area contributed by atoms with Gasteiger partial charge in [0, 0.05) is 17.5 Å². The van der Waals surface area contributed by atoms with Crippen LogP contribution in [0.15, 0.2) is 22.1 Å². The number of hydrazone groups is 1. The molecular weight excluding hydrogens is 215 g/mol. The van der Waals surface area contributed by atoms with E-state index in [1.807, 2.05) is 6.07 Å². The van der Waals surface area contributed by atoms with Crippen molar-refractivity contribution in [1.82, 2.24) is 4.83 Å². The highest BCUT2D eigenvalue weighted by Crippen LogP contribution is 2.35. The maximum Gasteiger partial charge on any atom is 0.0753 e. The molecule has 1 aliphatic heterocycles. The lowest BCUT2D eigenvalue weighted by molar-refractivity contribution is 1.10. The highest BCUT2D eigenvalue weighted by atomic mass is 35.5. The van der Waals surface area contributed by atoms with E-state index in [-0.39, 0.29) is 0 Å². The molecule has 0 fully saturated rings. The fraction of sp³-hybridized carbons (Fsp3) is 0. The number of nitrogens with zero attached hydrogens (tertiary/aromatic N) is 1. The van der Waals surface area contributed by atoms with Gasteiger partial charge in [0.15, 0.2) is 0 Å². The van der Waals surface area contributed by atoms with E-state index in [2.05, 4.69) is 9.93 Å². The number of hydrogen-bond donors (Lipinski definition) is 1. The van der Waals surface area contributed by atoms with Gasteiger partial charge in [0.1, 0.15) is 0 Å². The smallest absolute Gasteiger partial charge is 0.0753 e. The molecule has 1 aromatic rings. The quantitative estimate of drug-likeness (QED) is 0.678. The number of benzene rings is 1. The van der Waals surface area contributed by atoms with Crippen LogP contribution in [0.2, 0.25) is 10.0 Å². The predicted octanol–water partition coefficient (Wildman–Crippen LogP) is 2.94. The molecule has 0 aliphatic carbocycles. The largest absolute Gasteiger partial charge is 0.247 e. The molecule has 0 spiro atoms. The van der Waals surface area contributed by atoms with Gasteiger partial charge in [0.2, 0.25) is 0 Å². The summed E-state index contributed by atoms with van der Waals surface area (Å²) in [5.41, 5.74) is 0.994. The number of nitrogens with one attached hydrogen (secondary N) is 1. The zero-order chi connectivity index (χ0) is 8.55. The Balaban J connectivity index is 2.63. The van der Waals surface area contributed by atoms with E-state index in [0.717, 1.165) is 10.5 Å². The zero-order valence-electron chi connectivity index (χ0n) is 5.84. The van der Waals surface area contributed by atoms with Gasteiger partial charge in [0.25, 0.3) is 0 Å². The molecule has 2 rings (SSSR count). The van der Waals surface area contributed by atoms with Gasteiger partial charge in [-0.1, -0.05) is 29.3 Å². The second-order valence-electron chi connectivity index (χ2n) is 2.23. The summed E-state index contributed by atoms with van der Waals surface area (Å²) in [6, 6.07) is 3.65. The van der Waals surface area contributed by atoms with Gasteiger partial charge < -0.3 is 0 Å². The summed E-state index contributed by atoms with van der Waals surface area (Å²) in [7, 11) is 0. The van der Waals surface area contributed by atoms with Gasteiger partial charge in [-0.15, -0.1) is 0 Å². The van der Waals surface area contributed by atoms with Crippen molar-refractivity contribution in [3.05, 3.63) is 27.7 Å². The summed E-state index contributed by atoms with van der Waals surface area (Å²) < 4.78 is 0. The summed E-state index contributed by atoms with van der Waals surface area (Å²) in [6.07, 6.45) is 1.72. The van der Waals surface area contributed by atoms with Crippen LogP contribution in [0.5, 0.6) is 0 Å². The molecule has 0 atom stereocenters. The van der Waals surface area contributed by atoms with Gasteiger partial charge in [0.05, 0.1) is 21.2 Å². The van der Waals surface area contributed by atoms with Crippen molar-refractivity contribution in [3.8, 4) is 0 Å². The van der Waals surface area contributed by atoms with Crippen LogP contribution in [0.25, 0.3) is 0 Å². The van der Waals surface area contributed by atoms with Crippen molar-refractivity contribution >= 4 is 41.4 Å². The van der Waals surface area contributed by atoms with Crippen LogP contribution in [-0.2, 0) is 0 Å². The minimum atomic E-state index is 0.569. The Morgan fingerprint density at radius 3 is 3.00 bits per heavy atom. The molecule has 5 heteroatoms. The van der Waals surface area contributed by atoms with Gasteiger partial charge in [-0.05, 0) is 6.07 Å². The van der Waals surface area contributed by atoms with Crippen molar-refractivity contribution < 1.29 is 0 Å². The first-order valence-corrected chi connectivity index (χ1v) is 4.79. The maximum atomic E-state index is 5.96. The van der Waals surface area contributed by atoms with E-state index >= 15 is 0 Å². The van der Waals surface area contributed by atoms with Crippen molar-refractivity contribution in [2.45, 2.75) is 4.90 Å². The normalized spacial score (nSPS) is 13.8. The average Bonchev–Trinajstić information content (AvgIpc) is 2.12. The Morgan fingerprint density at radius 2 is 2.17 bits per heavy atom. The third-order valence-corrected chi connectivity index (χ3v) is 3.24. The van der Waals surface area contributed by atoms with Crippen LogP contribution in [0.4, 0.5) is 0 Å². The monoisotopic (exact) mass is 218 g/mol. The van der Waals surface area contributed by atoms with Crippen molar-refractivity contribution in [2.24, 2.45) is 5.10 Å². The number of hydrogen-bond acceptors (Lipinski definition) is 3. The summed E-state index contributed by atoms with van der Waals surface area (Å²) in [5, 5.41) is 5.03. The fourth-order valence-electron chi connectivity index (χ4n) is 0.920. The molecule has 62 valence electrons. The molecule has 0 unspecified atom stereocenters. The Hall–Kier alpha value is -0.380. The molecule has 2 nitrogen and oxygen atoms in total. The molecule has 1 heterocycles. The lowest BCUT2D eigenvalue weighted by Crippen LogP contribution is -2.02. The van der Waals surface area contributed by atoms with Crippen LogP contribution in [0, 0.1) is 0 Å². The van der Waals surface area contributed by atoms with Crippen LogP contribution in [-0.4, -0.2) is 6.21 Å². The molecule has 1 N–H and O–H groups in total. The van der Waals surface area contributed by atoms with Crippen LogP contribution < -0.4 is 4.83 Å². The number of fused-ring (bicyclic) bond motifs is 1. The van der Waals surface area contributed by atoms with E-state index in [9.17, 15) is 0 Å². The standard InChI is InChI=1S/C7H4Cl2N2S/c8-5-2-1-4-3-10-11-12-7(4)6(5)9/h1-3,11H. The maximum absolute atomic E-state index is 5.96. The zero-order valence-corrected chi connectivity index (χ0v) is 8.17. The minimum Gasteiger partial charge on any atom is -0.247 e. The summed E-state index contributed by atoms with van der Waals surface area (Å²) in [6.45, 7) is 0. The van der Waals surface area contributed by atoms with Gasteiger partial charge in [-0.25, -0.2) is 4.83 Å². The third kappa shape index (κ3) is 1.28. The number of rotatable bonds is 0. The Morgan fingerprint density at radius 1 is 1.33 bits per heavy atom. The van der Waals surface area contributed by atoms with Gasteiger partial charge in [-0.3, -0.25) is 0 Å². The molecular formula is C7H4Cl2N2S. The van der Waals surface area contributed by atoms with E-state index in [1.165, 1.54) is 11.9 Å². The van der Waals surface area contributed by atoms with Crippen LogP contribution in [0.3, 0.4) is 0 Å². The summed E-state index contributed by atoms with van der Waals surface area (Å²) in [4.78, 5) is 3.68. The van der Waals surface area contributed by atoms with E-state index in [4.69, 9.17) is 23.2 Å². The highest BCUT2D eigenvalue weighted by Gasteiger charge is 2.12. The molecule has 0 amide bonds. The molecule has 0 radical (unpaired) electrons. The van der Waals surface area contributed by atoms with E-state index < -0.39 is 0 Å². The van der Waals surface area contributed by atoms with Crippen molar-refractivity contribution in [2.75, 3.05) is 0 Å². The molecule has 0 saturated heterocycles. The first-order chi connectivity index (χ1) is 5.79. The molecule has 12 heavy (non-hydrogen) atoms. The van der Waals surface area contributed by atoms with Gasteiger partial charge in [-0.2, -0.15) is 5.10 Å². The molecule has 1 aromatic carbocycles. The molecule has 0 aromatic heterocycles. The Bertz CT molecular complexity index is 352. The number of halogens is 2. The first-order valence-electron chi connectivity index (χ1n) is 3.22. The third-order valence-electron chi connectivity index (χ3n) is 1.48. The Kier molecular flexibility index (Phi) is 2.17. The van der Waals surface area contributed by atoms with Crippen LogP contribution in [0.1, 0.15) is 5.56 Å². The summed E-state index contributed by atoms with van der Waals surface area (Å²) >= 11 is 13.1. The van der Waals surface area contributed by atoms with Gasteiger partial charge >= 0.3 is 0 Å². The van der Waals surface area contributed by atoms with Crippen LogP contribution >= 0.6 is 35.1 Å². The molecule has 1 aliphatic rings. The second kappa shape index (κ2) is 3.17. The second-order valence-corrected chi connectivity index (χ2v) is 3.81. The SMILES string of the molecule is Clc1ccc2c(c1Cl)SNN=C2.